The largest absolute Gasteiger partial charge is 0.341 e. The fourth-order valence-electron chi connectivity index (χ4n) is 2.68. The lowest BCUT2D eigenvalue weighted by Crippen LogP contribution is -2.31. The molecule has 2 heterocycles. The van der Waals surface area contributed by atoms with Crippen molar-refractivity contribution in [3.05, 3.63) is 48.0 Å². The van der Waals surface area contributed by atoms with E-state index in [1.54, 1.807) is 24.0 Å². The number of nitrogens with zero attached hydrogens (tertiary/aromatic N) is 3. The molecule has 1 amide bonds. The van der Waals surface area contributed by atoms with Crippen LogP contribution in [0.25, 0.3) is 11.0 Å². The van der Waals surface area contributed by atoms with Crippen molar-refractivity contribution >= 4 is 16.9 Å². The maximum Gasteiger partial charge on any atom is 0.270 e. The van der Waals surface area contributed by atoms with Gasteiger partial charge in [0.1, 0.15) is 11.5 Å². The van der Waals surface area contributed by atoms with E-state index in [4.69, 9.17) is 0 Å². The summed E-state index contributed by atoms with van der Waals surface area (Å²) in [6, 6.07) is 9.42. The third-order valence-corrected chi connectivity index (χ3v) is 3.80. The Labute approximate surface area is 134 Å². The summed E-state index contributed by atoms with van der Waals surface area (Å²) < 4.78 is 1.57. The molecule has 6 heteroatoms. The van der Waals surface area contributed by atoms with Crippen LogP contribution in [-0.4, -0.2) is 25.7 Å². The fourth-order valence-corrected chi connectivity index (χ4v) is 2.68. The van der Waals surface area contributed by atoms with Gasteiger partial charge in [-0.3, -0.25) is 9.48 Å². The van der Waals surface area contributed by atoms with E-state index in [0.29, 0.717) is 11.6 Å². The molecule has 6 nitrogen and oxygen atoms in total. The average Bonchev–Trinajstić information content (AvgIpc) is 3.11. The minimum atomic E-state index is -0.162. The van der Waals surface area contributed by atoms with E-state index < -0.39 is 0 Å². The van der Waals surface area contributed by atoms with E-state index in [0.717, 1.165) is 23.3 Å². The molecule has 0 saturated carbocycles. The van der Waals surface area contributed by atoms with Crippen LogP contribution < -0.4 is 5.32 Å². The maximum absolute atomic E-state index is 12.5. The number of rotatable bonds is 5. The predicted molar refractivity (Wildman–Crippen MR) is 89.0 cm³/mol. The number of H-pyrrole nitrogens is 1. The summed E-state index contributed by atoms with van der Waals surface area (Å²) in [6.07, 6.45) is 2.43. The van der Waals surface area contributed by atoms with Gasteiger partial charge >= 0.3 is 0 Å². The quantitative estimate of drug-likeness (QED) is 0.761. The highest BCUT2D eigenvalue weighted by molar-refractivity contribution is 5.92. The van der Waals surface area contributed by atoms with Crippen LogP contribution in [0.2, 0.25) is 0 Å². The van der Waals surface area contributed by atoms with Gasteiger partial charge < -0.3 is 10.3 Å². The zero-order valence-corrected chi connectivity index (χ0v) is 13.6. The van der Waals surface area contributed by atoms with Gasteiger partial charge in [0.25, 0.3) is 5.91 Å². The number of fused-ring (bicyclic) bond motifs is 1. The standard InChI is InChI=1S/C17H21N5O/c1-11(2)10-14(21-17(23)15-8-9-18-22(15)3)16-19-12-6-4-5-7-13(12)20-16/h4-9,11,14H,10H2,1-3H3,(H,19,20)(H,21,23)/t14-/m0/s1. The van der Waals surface area contributed by atoms with E-state index in [1.165, 1.54) is 0 Å². The molecule has 1 atom stereocenters. The van der Waals surface area contributed by atoms with Crippen molar-refractivity contribution < 1.29 is 4.79 Å². The van der Waals surface area contributed by atoms with E-state index >= 15 is 0 Å². The van der Waals surface area contributed by atoms with Crippen molar-refractivity contribution in [3.8, 4) is 0 Å². The number of carbonyl (C=O) groups excluding carboxylic acids is 1. The Kier molecular flexibility index (Phi) is 4.14. The van der Waals surface area contributed by atoms with Gasteiger partial charge in [0, 0.05) is 13.2 Å². The van der Waals surface area contributed by atoms with E-state index in [-0.39, 0.29) is 11.9 Å². The summed E-state index contributed by atoms with van der Waals surface area (Å²) in [5.41, 5.74) is 2.42. The van der Waals surface area contributed by atoms with Gasteiger partial charge in [0.15, 0.2) is 0 Å². The molecule has 0 aliphatic rings. The lowest BCUT2D eigenvalue weighted by molar-refractivity contribution is 0.0920. The number of aromatic nitrogens is 4. The summed E-state index contributed by atoms with van der Waals surface area (Å²) >= 11 is 0. The Balaban J connectivity index is 1.88. The first-order valence-electron chi connectivity index (χ1n) is 7.78. The molecule has 120 valence electrons. The van der Waals surface area contributed by atoms with Crippen LogP contribution >= 0.6 is 0 Å². The van der Waals surface area contributed by atoms with Crippen LogP contribution in [0.4, 0.5) is 0 Å². The molecule has 0 radical (unpaired) electrons. The van der Waals surface area contributed by atoms with Gasteiger partial charge in [-0.15, -0.1) is 0 Å². The highest BCUT2D eigenvalue weighted by Crippen LogP contribution is 2.22. The summed E-state index contributed by atoms with van der Waals surface area (Å²) in [4.78, 5) is 20.4. The molecule has 0 spiro atoms. The zero-order chi connectivity index (χ0) is 16.4. The second-order valence-corrected chi connectivity index (χ2v) is 6.13. The summed E-state index contributed by atoms with van der Waals surface area (Å²) in [7, 11) is 1.76. The van der Waals surface area contributed by atoms with Gasteiger partial charge in [-0.1, -0.05) is 26.0 Å². The molecule has 2 N–H and O–H groups in total. The number of nitrogens with one attached hydrogen (secondary N) is 2. The third-order valence-electron chi connectivity index (χ3n) is 3.80. The Morgan fingerprint density at radius 3 is 2.74 bits per heavy atom. The minimum Gasteiger partial charge on any atom is -0.341 e. The van der Waals surface area contributed by atoms with Gasteiger partial charge in [-0.05, 0) is 30.5 Å². The maximum atomic E-state index is 12.5. The highest BCUT2D eigenvalue weighted by Gasteiger charge is 2.21. The lowest BCUT2D eigenvalue weighted by Gasteiger charge is -2.18. The average molecular weight is 311 g/mol. The SMILES string of the molecule is CC(C)C[C@H](NC(=O)c1ccnn1C)c1nc2ccccc2[nH]1. The molecule has 2 aromatic heterocycles. The van der Waals surface area contributed by atoms with Crippen LogP contribution in [0.3, 0.4) is 0 Å². The van der Waals surface area contributed by atoms with Crippen LogP contribution in [0.5, 0.6) is 0 Å². The number of aryl methyl sites for hydroxylation is 1. The van der Waals surface area contributed by atoms with Crippen LogP contribution in [-0.2, 0) is 7.05 Å². The lowest BCUT2D eigenvalue weighted by atomic mass is 10.0. The molecule has 3 aromatic rings. The first-order valence-corrected chi connectivity index (χ1v) is 7.78. The Hall–Kier alpha value is -2.63. The number of para-hydroxylation sites is 2. The number of aromatic amines is 1. The minimum absolute atomic E-state index is 0.142. The molecule has 0 bridgehead atoms. The molecule has 0 unspecified atom stereocenters. The van der Waals surface area contributed by atoms with Crippen LogP contribution in [0.1, 0.15) is 42.6 Å². The predicted octanol–water partition coefficient (Wildman–Crippen LogP) is 2.81. The number of hydrogen-bond donors (Lipinski definition) is 2. The van der Waals surface area contributed by atoms with E-state index in [2.05, 4.69) is 34.2 Å². The van der Waals surface area contributed by atoms with Crippen molar-refractivity contribution in [1.82, 2.24) is 25.1 Å². The monoisotopic (exact) mass is 311 g/mol. The molecular weight excluding hydrogens is 290 g/mol. The number of imidazole rings is 1. The van der Waals surface area contributed by atoms with Crippen LogP contribution in [0.15, 0.2) is 36.5 Å². The van der Waals surface area contributed by atoms with Crippen molar-refractivity contribution in [2.75, 3.05) is 0 Å². The van der Waals surface area contributed by atoms with Crippen molar-refractivity contribution in [1.29, 1.82) is 0 Å². The fraction of sp³-hybridized carbons (Fsp3) is 0.353. The zero-order valence-electron chi connectivity index (χ0n) is 13.6. The Bertz CT molecular complexity index is 784. The van der Waals surface area contributed by atoms with Crippen molar-refractivity contribution in [2.45, 2.75) is 26.3 Å². The first-order chi connectivity index (χ1) is 11.0. The summed E-state index contributed by atoms with van der Waals surface area (Å²) in [5, 5.41) is 7.12. The molecule has 3 rings (SSSR count). The van der Waals surface area contributed by atoms with Gasteiger partial charge in [-0.2, -0.15) is 5.10 Å². The van der Waals surface area contributed by atoms with Gasteiger partial charge in [0.05, 0.1) is 17.1 Å². The molecule has 1 aromatic carbocycles. The van der Waals surface area contributed by atoms with Crippen LogP contribution in [0, 0.1) is 5.92 Å². The van der Waals surface area contributed by atoms with Gasteiger partial charge in [0.2, 0.25) is 0 Å². The van der Waals surface area contributed by atoms with Crippen molar-refractivity contribution in [3.63, 3.8) is 0 Å². The molecule has 0 aliphatic carbocycles. The molecule has 0 aliphatic heterocycles. The highest BCUT2D eigenvalue weighted by atomic mass is 16.2. The number of amides is 1. The second-order valence-electron chi connectivity index (χ2n) is 6.13. The summed E-state index contributed by atoms with van der Waals surface area (Å²) in [5.74, 6) is 1.08. The topological polar surface area (TPSA) is 75.6 Å². The number of carbonyl (C=O) groups is 1. The molecular formula is C17H21N5O. The van der Waals surface area contributed by atoms with E-state index in [1.807, 2.05) is 24.3 Å². The Morgan fingerprint density at radius 2 is 2.09 bits per heavy atom. The third kappa shape index (κ3) is 3.26. The normalized spacial score (nSPS) is 12.7. The number of hydrogen-bond acceptors (Lipinski definition) is 3. The molecule has 0 fully saturated rings. The molecule has 0 saturated heterocycles. The summed E-state index contributed by atoms with van der Waals surface area (Å²) in [6.45, 7) is 4.26. The smallest absolute Gasteiger partial charge is 0.270 e. The second kappa shape index (κ2) is 6.24. The molecule has 23 heavy (non-hydrogen) atoms. The number of benzene rings is 1. The Morgan fingerprint density at radius 1 is 1.30 bits per heavy atom. The van der Waals surface area contributed by atoms with Gasteiger partial charge in [-0.25, -0.2) is 4.98 Å². The van der Waals surface area contributed by atoms with E-state index in [9.17, 15) is 4.79 Å². The van der Waals surface area contributed by atoms with Crippen molar-refractivity contribution in [2.24, 2.45) is 13.0 Å². The first kappa shape index (κ1) is 15.3.